The monoisotopic (exact) mass is 271 g/mol. The van der Waals surface area contributed by atoms with E-state index in [-0.39, 0.29) is 0 Å². The molecule has 0 amide bonds. The van der Waals surface area contributed by atoms with E-state index in [2.05, 4.69) is 16.5 Å². The standard InChI is InChI=1S/C15H14ClN3/c1-11-13(16)5-4-6-14(11)17-9-12-10-18-19-8-3-2-7-15(12)19/h2-8,10,17H,9H2,1H3. The molecule has 0 bridgehead atoms. The third-order valence-electron chi connectivity index (χ3n) is 3.24. The summed E-state index contributed by atoms with van der Waals surface area (Å²) < 4.78 is 1.88. The van der Waals surface area contributed by atoms with Gasteiger partial charge in [-0.05, 0) is 36.8 Å². The number of rotatable bonds is 3. The predicted octanol–water partition coefficient (Wildman–Crippen LogP) is 3.91. The molecule has 3 rings (SSSR count). The van der Waals surface area contributed by atoms with Gasteiger partial charge in [-0.15, -0.1) is 0 Å². The first-order chi connectivity index (χ1) is 9.25. The number of anilines is 1. The maximum Gasteiger partial charge on any atom is 0.0711 e. The van der Waals surface area contributed by atoms with Crippen LogP contribution < -0.4 is 5.32 Å². The first kappa shape index (κ1) is 12.1. The van der Waals surface area contributed by atoms with Crippen LogP contribution in [0.3, 0.4) is 0 Å². The molecule has 3 aromatic rings. The van der Waals surface area contributed by atoms with Gasteiger partial charge in [0.15, 0.2) is 0 Å². The van der Waals surface area contributed by atoms with Crippen LogP contribution in [0.15, 0.2) is 48.8 Å². The maximum absolute atomic E-state index is 6.11. The number of fused-ring (bicyclic) bond motifs is 1. The summed E-state index contributed by atoms with van der Waals surface area (Å²) in [5, 5.41) is 8.51. The molecular weight excluding hydrogens is 258 g/mol. The molecule has 0 aliphatic rings. The van der Waals surface area contributed by atoms with Crippen molar-refractivity contribution >= 4 is 22.8 Å². The Balaban J connectivity index is 1.84. The number of benzene rings is 1. The Kier molecular flexibility index (Phi) is 3.13. The molecule has 1 aromatic carbocycles. The molecule has 0 atom stereocenters. The molecule has 0 saturated carbocycles. The zero-order valence-corrected chi connectivity index (χ0v) is 11.4. The van der Waals surface area contributed by atoms with Gasteiger partial charge in [0.25, 0.3) is 0 Å². The number of nitrogens with zero attached hydrogens (tertiary/aromatic N) is 2. The van der Waals surface area contributed by atoms with Crippen molar-refractivity contribution in [3.63, 3.8) is 0 Å². The van der Waals surface area contributed by atoms with E-state index in [9.17, 15) is 0 Å². The van der Waals surface area contributed by atoms with Crippen molar-refractivity contribution in [2.75, 3.05) is 5.32 Å². The lowest BCUT2D eigenvalue weighted by atomic mass is 10.2. The summed E-state index contributed by atoms with van der Waals surface area (Å²) in [6.07, 6.45) is 3.84. The molecule has 19 heavy (non-hydrogen) atoms. The van der Waals surface area contributed by atoms with Crippen LogP contribution in [-0.2, 0) is 6.54 Å². The summed E-state index contributed by atoms with van der Waals surface area (Å²) in [5.41, 5.74) is 4.41. The second-order valence-electron chi connectivity index (χ2n) is 4.47. The van der Waals surface area contributed by atoms with E-state index >= 15 is 0 Å². The largest absolute Gasteiger partial charge is 0.381 e. The van der Waals surface area contributed by atoms with E-state index in [4.69, 9.17) is 11.6 Å². The number of hydrogen-bond acceptors (Lipinski definition) is 2. The van der Waals surface area contributed by atoms with Gasteiger partial charge in [0.1, 0.15) is 0 Å². The van der Waals surface area contributed by atoms with Crippen molar-refractivity contribution in [3.8, 4) is 0 Å². The van der Waals surface area contributed by atoms with Crippen LogP contribution in [0.2, 0.25) is 5.02 Å². The highest BCUT2D eigenvalue weighted by Crippen LogP contribution is 2.23. The number of aromatic nitrogens is 2. The third kappa shape index (κ3) is 2.29. The van der Waals surface area contributed by atoms with Crippen LogP contribution in [0.4, 0.5) is 5.69 Å². The summed E-state index contributed by atoms with van der Waals surface area (Å²) >= 11 is 6.11. The number of halogens is 1. The molecule has 0 fully saturated rings. The zero-order chi connectivity index (χ0) is 13.2. The summed E-state index contributed by atoms with van der Waals surface area (Å²) in [4.78, 5) is 0. The molecular formula is C15H14ClN3. The molecule has 0 unspecified atom stereocenters. The lowest BCUT2D eigenvalue weighted by Gasteiger charge is -2.09. The van der Waals surface area contributed by atoms with Crippen molar-refractivity contribution in [1.82, 2.24) is 9.61 Å². The van der Waals surface area contributed by atoms with Crippen LogP contribution >= 0.6 is 11.6 Å². The molecule has 3 nitrogen and oxygen atoms in total. The fourth-order valence-corrected chi connectivity index (χ4v) is 2.29. The van der Waals surface area contributed by atoms with Gasteiger partial charge < -0.3 is 5.32 Å². The van der Waals surface area contributed by atoms with E-state index in [0.717, 1.165) is 28.3 Å². The number of hydrogen-bond donors (Lipinski definition) is 1. The minimum Gasteiger partial charge on any atom is -0.381 e. The Hall–Kier alpha value is -2.00. The van der Waals surface area contributed by atoms with Gasteiger partial charge in [-0.1, -0.05) is 23.7 Å². The highest BCUT2D eigenvalue weighted by molar-refractivity contribution is 6.31. The SMILES string of the molecule is Cc1c(Cl)cccc1NCc1cnn2ccccc12. The van der Waals surface area contributed by atoms with Gasteiger partial charge in [0, 0.05) is 29.0 Å². The maximum atomic E-state index is 6.11. The lowest BCUT2D eigenvalue weighted by Crippen LogP contribution is -2.00. The van der Waals surface area contributed by atoms with Crippen molar-refractivity contribution in [2.24, 2.45) is 0 Å². The van der Waals surface area contributed by atoms with E-state index in [1.54, 1.807) is 0 Å². The molecule has 0 aliphatic heterocycles. The fourth-order valence-electron chi connectivity index (χ4n) is 2.11. The average Bonchev–Trinajstić information content (AvgIpc) is 2.84. The van der Waals surface area contributed by atoms with Gasteiger partial charge in [0.2, 0.25) is 0 Å². The molecule has 0 aliphatic carbocycles. The van der Waals surface area contributed by atoms with E-state index in [1.807, 2.05) is 54.2 Å². The molecule has 2 aromatic heterocycles. The Bertz CT molecular complexity index is 718. The minimum atomic E-state index is 0.731. The molecule has 4 heteroatoms. The Morgan fingerprint density at radius 2 is 2.11 bits per heavy atom. The highest BCUT2D eigenvalue weighted by atomic mass is 35.5. The van der Waals surface area contributed by atoms with Crippen molar-refractivity contribution in [2.45, 2.75) is 13.5 Å². The molecule has 0 radical (unpaired) electrons. The Morgan fingerprint density at radius 3 is 3.00 bits per heavy atom. The smallest absolute Gasteiger partial charge is 0.0711 e. The molecule has 0 spiro atoms. The van der Waals surface area contributed by atoms with E-state index in [0.29, 0.717) is 0 Å². The zero-order valence-electron chi connectivity index (χ0n) is 10.6. The first-order valence-corrected chi connectivity index (χ1v) is 6.54. The predicted molar refractivity (Wildman–Crippen MR) is 78.7 cm³/mol. The van der Waals surface area contributed by atoms with Gasteiger partial charge in [-0.25, -0.2) is 4.52 Å². The topological polar surface area (TPSA) is 29.3 Å². The third-order valence-corrected chi connectivity index (χ3v) is 3.65. The van der Waals surface area contributed by atoms with Crippen LogP contribution in [0, 0.1) is 6.92 Å². The van der Waals surface area contributed by atoms with Crippen LogP contribution in [0.25, 0.3) is 5.52 Å². The van der Waals surface area contributed by atoms with Crippen LogP contribution in [0.1, 0.15) is 11.1 Å². The van der Waals surface area contributed by atoms with Gasteiger partial charge in [-0.2, -0.15) is 5.10 Å². The normalized spacial score (nSPS) is 10.8. The molecule has 2 heterocycles. The van der Waals surface area contributed by atoms with Crippen LogP contribution in [0.5, 0.6) is 0 Å². The van der Waals surface area contributed by atoms with Gasteiger partial charge >= 0.3 is 0 Å². The first-order valence-electron chi connectivity index (χ1n) is 6.16. The van der Waals surface area contributed by atoms with Gasteiger partial charge in [0.05, 0.1) is 11.7 Å². The second-order valence-corrected chi connectivity index (χ2v) is 4.87. The van der Waals surface area contributed by atoms with E-state index < -0.39 is 0 Å². The molecule has 0 saturated heterocycles. The summed E-state index contributed by atoms with van der Waals surface area (Å²) in [6.45, 7) is 2.75. The molecule has 1 N–H and O–H groups in total. The van der Waals surface area contributed by atoms with Crippen molar-refractivity contribution in [3.05, 3.63) is 64.9 Å². The highest BCUT2D eigenvalue weighted by Gasteiger charge is 2.05. The second kappa shape index (κ2) is 4.94. The van der Waals surface area contributed by atoms with Gasteiger partial charge in [-0.3, -0.25) is 0 Å². The summed E-state index contributed by atoms with van der Waals surface area (Å²) in [6, 6.07) is 11.9. The number of nitrogens with one attached hydrogen (secondary N) is 1. The fraction of sp³-hybridized carbons (Fsp3) is 0.133. The van der Waals surface area contributed by atoms with Crippen molar-refractivity contribution in [1.29, 1.82) is 0 Å². The summed E-state index contributed by atoms with van der Waals surface area (Å²) in [5.74, 6) is 0. The van der Waals surface area contributed by atoms with E-state index in [1.165, 1.54) is 5.56 Å². The molecule has 96 valence electrons. The summed E-state index contributed by atoms with van der Waals surface area (Å²) in [7, 11) is 0. The number of pyridine rings is 1. The quantitative estimate of drug-likeness (QED) is 0.783. The van der Waals surface area contributed by atoms with Crippen molar-refractivity contribution < 1.29 is 0 Å². The lowest BCUT2D eigenvalue weighted by molar-refractivity contribution is 0.961. The average molecular weight is 272 g/mol. The van der Waals surface area contributed by atoms with Crippen LogP contribution in [-0.4, -0.2) is 9.61 Å². The Labute approximate surface area is 116 Å². The Morgan fingerprint density at radius 1 is 1.21 bits per heavy atom. The minimum absolute atomic E-state index is 0.731.